The van der Waals surface area contributed by atoms with Crippen LogP contribution in [-0.4, -0.2) is 44.3 Å². The maximum atomic E-state index is 5.53. The second-order valence-corrected chi connectivity index (χ2v) is 6.07. The summed E-state index contributed by atoms with van der Waals surface area (Å²) in [6.45, 7) is 12.7. The zero-order chi connectivity index (χ0) is 14.7. The van der Waals surface area contributed by atoms with Gasteiger partial charge in [-0.05, 0) is 51.4 Å². The number of nitrogens with zero attached hydrogens (tertiary/aromatic N) is 1. The normalized spacial score (nSPS) is 21.9. The number of likely N-dealkylation sites (N-methyl/N-ethyl adjacent to an activating group) is 1. The summed E-state index contributed by atoms with van der Waals surface area (Å²) in [5, 5.41) is 3.50. The Hall–Kier alpha value is -0.900. The number of benzene rings is 1. The molecule has 3 heteroatoms. The van der Waals surface area contributed by atoms with Gasteiger partial charge >= 0.3 is 0 Å². The van der Waals surface area contributed by atoms with Crippen molar-refractivity contribution >= 4 is 0 Å². The van der Waals surface area contributed by atoms with Gasteiger partial charge in [-0.3, -0.25) is 4.90 Å². The molecular formula is C17H28N2O. The van der Waals surface area contributed by atoms with Gasteiger partial charge in [-0.25, -0.2) is 0 Å². The van der Waals surface area contributed by atoms with Crippen molar-refractivity contribution in [2.24, 2.45) is 0 Å². The molecule has 3 nitrogen and oxygen atoms in total. The van der Waals surface area contributed by atoms with Crippen molar-refractivity contribution in [2.45, 2.75) is 39.8 Å². The van der Waals surface area contributed by atoms with Gasteiger partial charge in [0.2, 0.25) is 0 Å². The lowest BCUT2D eigenvalue weighted by atomic mass is 9.93. The average molecular weight is 276 g/mol. The largest absolute Gasteiger partial charge is 0.379 e. The standard InChI is InChI=1S/C17H28N2O/c1-12-8-13(2)17(14(3)9-12)16(18-5)10-19-6-7-20-11-15(19)4/h8-9,15-16,18H,6-7,10-11H2,1-5H3. The summed E-state index contributed by atoms with van der Waals surface area (Å²) in [5.74, 6) is 0. The fraction of sp³-hybridized carbons (Fsp3) is 0.647. The first-order valence-electron chi connectivity index (χ1n) is 7.59. The van der Waals surface area contributed by atoms with Crippen LogP contribution in [0.2, 0.25) is 0 Å². The van der Waals surface area contributed by atoms with E-state index in [4.69, 9.17) is 4.74 Å². The molecule has 2 atom stereocenters. The van der Waals surface area contributed by atoms with Crippen LogP contribution in [0.3, 0.4) is 0 Å². The topological polar surface area (TPSA) is 24.5 Å². The zero-order valence-electron chi connectivity index (χ0n) is 13.5. The molecule has 1 aromatic rings. The summed E-state index contributed by atoms with van der Waals surface area (Å²) < 4.78 is 5.53. The van der Waals surface area contributed by atoms with Crippen molar-refractivity contribution in [3.05, 3.63) is 34.4 Å². The van der Waals surface area contributed by atoms with Crippen molar-refractivity contribution in [2.75, 3.05) is 33.4 Å². The van der Waals surface area contributed by atoms with Crippen molar-refractivity contribution < 1.29 is 4.74 Å². The highest BCUT2D eigenvalue weighted by Crippen LogP contribution is 2.25. The molecule has 20 heavy (non-hydrogen) atoms. The molecule has 1 aliphatic rings. The lowest BCUT2D eigenvalue weighted by molar-refractivity contribution is -0.00421. The Morgan fingerprint density at radius 3 is 2.50 bits per heavy atom. The molecule has 0 saturated carbocycles. The Balaban J connectivity index is 2.20. The first kappa shape index (κ1) is 15.5. The van der Waals surface area contributed by atoms with E-state index in [1.807, 2.05) is 0 Å². The summed E-state index contributed by atoms with van der Waals surface area (Å²) in [6.07, 6.45) is 0. The molecule has 0 radical (unpaired) electrons. The van der Waals surface area contributed by atoms with Crippen LogP contribution in [0.5, 0.6) is 0 Å². The molecule has 1 aromatic carbocycles. The predicted molar refractivity (Wildman–Crippen MR) is 84.3 cm³/mol. The predicted octanol–water partition coefficient (Wildman–Crippen LogP) is 2.59. The number of hydrogen-bond donors (Lipinski definition) is 1. The van der Waals surface area contributed by atoms with E-state index in [1.54, 1.807) is 0 Å². The smallest absolute Gasteiger partial charge is 0.0619 e. The van der Waals surface area contributed by atoms with E-state index >= 15 is 0 Å². The summed E-state index contributed by atoms with van der Waals surface area (Å²) in [5.41, 5.74) is 5.58. The van der Waals surface area contributed by atoms with Gasteiger partial charge in [0.15, 0.2) is 0 Å². The van der Waals surface area contributed by atoms with E-state index in [-0.39, 0.29) is 0 Å². The van der Waals surface area contributed by atoms with Gasteiger partial charge in [-0.15, -0.1) is 0 Å². The number of hydrogen-bond acceptors (Lipinski definition) is 3. The van der Waals surface area contributed by atoms with Crippen LogP contribution >= 0.6 is 0 Å². The van der Waals surface area contributed by atoms with Crippen LogP contribution in [0.25, 0.3) is 0 Å². The number of ether oxygens (including phenoxy) is 1. The van der Waals surface area contributed by atoms with Gasteiger partial charge in [0.05, 0.1) is 13.2 Å². The Bertz CT molecular complexity index is 435. The molecular weight excluding hydrogens is 248 g/mol. The minimum Gasteiger partial charge on any atom is -0.379 e. The fourth-order valence-corrected chi connectivity index (χ4v) is 3.33. The van der Waals surface area contributed by atoms with Crippen LogP contribution in [-0.2, 0) is 4.74 Å². The molecule has 0 amide bonds. The molecule has 0 spiro atoms. The van der Waals surface area contributed by atoms with E-state index in [9.17, 15) is 0 Å². The third kappa shape index (κ3) is 3.40. The van der Waals surface area contributed by atoms with E-state index < -0.39 is 0 Å². The summed E-state index contributed by atoms with van der Waals surface area (Å²) >= 11 is 0. The first-order chi connectivity index (χ1) is 9.52. The van der Waals surface area contributed by atoms with Crippen molar-refractivity contribution in [1.82, 2.24) is 10.2 Å². The molecule has 0 aromatic heterocycles. The molecule has 1 aliphatic heterocycles. The van der Waals surface area contributed by atoms with Crippen LogP contribution in [0.15, 0.2) is 12.1 Å². The lowest BCUT2D eigenvalue weighted by Gasteiger charge is -2.36. The van der Waals surface area contributed by atoms with Gasteiger partial charge in [0.25, 0.3) is 0 Å². The number of rotatable bonds is 4. The van der Waals surface area contributed by atoms with E-state index in [0.29, 0.717) is 12.1 Å². The van der Waals surface area contributed by atoms with E-state index in [0.717, 1.165) is 26.3 Å². The second-order valence-electron chi connectivity index (χ2n) is 6.07. The lowest BCUT2D eigenvalue weighted by Crippen LogP contribution is -2.47. The molecule has 2 rings (SSSR count). The quantitative estimate of drug-likeness (QED) is 0.915. The minimum atomic E-state index is 0.385. The van der Waals surface area contributed by atoms with Crippen LogP contribution in [0.1, 0.15) is 35.2 Å². The third-order valence-electron chi connectivity index (χ3n) is 4.36. The Kier molecular flexibility index (Phi) is 5.19. The number of nitrogens with one attached hydrogen (secondary N) is 1. The van der Waals surface area contributed by atoms with E-state index in [1.165, 1.54) is 22.3 Å². The average Bonchev–Trinajstić information content (AvgIpc) is 2.38. The molecule has 0 aliphatic carbocycles. The first-order valence-corrected chi connectivity index (χ1v) is 7.59. The highest BCUT2D eigenvalue weighted by atomic mass is 16.5. The SMILES string of the molecule is CNC(CN1CCOCC1C)c1c(C)cc(C)cc1C. The van der Waals surface area contributed by atoms with Gasteiger partial charge in [-0.2, -0.15) is 0 Å². The maximum Gasteiger partial charge on any atom is 0.0619 e. The molecule has 1 saturated heterocycles. The Morgan fingerprint density at radius 2 is 1.95 bits per heavy atom. The van der Waals surface area contributed by atoms with Crippen molar-refractivity contribution in [3.8, 4) is 0 Å². The number of morpholine rings is 1. The van der Waals surface area contributed by atoms with Crippen molar-refractivity contribution in [1.29, 1.82) is 0 Å². The molecule has 0 bridgehead atoms. The molecule has 1 heterocycles. The molecule has 1 fully saturated rings. The second kappa shape index (κ2) is 6.70. The van der Waals surface area contributed by atoms with Crippen LogP contribution in [0, 0.1) is 20.8 Å². The van der Waals surface area contributed by atoms with Crippen LogP contribution < -0.4 is 5.32 Å². The molecule has 112 valence electrons. The summed E-state index contributed by atoms with van der Waals surface area (Å²) in [7, 11) is 2.06. The fourth-order valence-electron chi connectivity index (χ4n) is 3.33. The molecule has 1 N–H and O–H groups in total. The zero-order valence-corrected chi connectivity index (χ0v) is 13.5. The highest BCUT2D eigenvalue weighted by Gasteiger charge is 2.24. The van der Waals surface area contributed by atoms with Crippen molar-refractivity contribution in [3.63, 3.8) is 0 Å². The van der Waals surface area contributed by atoms with E-state index in [2.05, 4.69) is 57.1 Å². The van der Waals surface area contributed by atoms with Crippen LogP contribution in [0.4, 0.5) is 0 Å². The summed E-state index contributed by atoms with van der Waals surface area (Å²) in [4.78, 5) is 2.53. The Labute approximate surface area is 123 Å². The van der Waals surface area contributed by atoms with Gasteiger partial charge in [0.1, 0.15) is 0 Å². The minimum absolute atomic E-state index is 0.385. The van der Waals surface area contributed by atoms with Gasteiger partial charge in [-0.1, -0.05) is 17.7 Å². The molecule has 2 unspecified atom stereocenters. The number of aryl methyl sites for hydroxylation is 3. The monoisotopic (exact) mass is 276 g/mol. The van der Waals surface area contributed by atoms with Gasteiger partial charge < -0.3 is 10.1 Å². The highest BCUT2D eigenvalue weighted by molar-refractivity contribution is 5.39. The summed E-state index contributed by atoms with van der Waals surface area (Å²) in [6, 6.07) is 5.46. The Morgan fingerprint density at radius 1 is 1.30 bits per heavy atom. The van der Waals surface area contributed by atoms with Gasteiger partial charge in [0, 0.05) is 25.2 Å². The third-order valence-corrected chi connectivity index (χ3v) is 4.36. The maximum absolute atomic E-state index is 5.53.